The molecule has 1 fully saturated rings. The first-order valence-electron chi connectivity index (χ1n) is 11.9. The topological polar surface area (TPSA) is 109 Å². The van der Waals surface area contributed by atoms with E-state index in [9.17, 15) is 9.59 Å². The molecule has 0 bridgehead atoms. The lowest BCUT2D eigenvalue weighted by molar-refractivity contribution is 0.0235. The molecular formula is C26H35ClN4O5. The van der Waals surface area contributed by atoms with Gasteiger partial charge in [0.15, 0.2) is 0 Å². The third kappa shape index (κ3) is 7.34. The number of piperazine rings is 1. The zero-order valence-electron chi connectivity index (χ0n) is 21.3. The molecule has 0 radical (unpaired) electrons. The van der Waals surface area contributed by atoms with Crippen LogP contribution >= 0.6 is 11.6 Å². The fourth-order valence-corrected chi connectivity index (χ4v) is 4.25. The highest BCUT2D eigenvalue weighted by molar-refractivity contribution is 6.31. The van der Waals surface area contributed by atoms with Gasteiger partial charge in [0, 0.05) is 50.0 Å². The van der Waals surface area contributed by atoms with E-state index in [1.165, 1.54) is 4.90 Å². The van der Waals surface area contributed by atoms with Gasteiger partial charge in [0.2, 0.25) is 0 Å². The minimum atomic E-state index is -0.883. The summed E-state index contributed by atoms with van der Waals surface area (Å²) in [6.07, 6.45) is -0.790. The third-order valence-corrected chi connectivity index (χ3v) is 6.28. The Morgan fingerprint density at radius 3 is 2.31 bits per heavy atom. The Hall–Kier alpha value is -3.33. The number of carbonyl (C=O) groups excluding carboxylic acids is 1. The normalized spacial score (nSPS) is 13.9. The molecule has 1 aliphatic rings. The van der Waals surface area contributed by atoms with Gasteiger partial charge in [0.05, 0.1) is 12.8 Å². The number of ether oxygens (including phenoxy) is 2. The van der Waals surface area contributed by atoms with E-state index in [2.05, 4.69) is 4.90 Å². The molecule has 1 aliphatic heterocycles. The fraction of sp³-hybridized carbons (Fsp3) is 0.462. The van der Waals surface area contributed by atoms with Crippen molar-refractivity contribution in [1.82, 2.24) is 9.80 Å². The van der Waals surface area contributed by atoms with Crippen molar-refractivity contribution in [3.63, 3.8) is 0 Å². The second kappa shape index (κ2) is 11.6. The highest BCUT2D eigenvalue weighted by Gasteiger charge is 2.24. The molecule has 2 aromatic rings. The lowest BCUT2D eigenvalue weighted by Crippen LogP contribution is -2.48. The van der Waals surface area contributed by atoms with E-state index >= 15 is 0 Å². The van der Waals surface area contributed by atoms with Gasteiger partial charge in [-0.3, -0.25) is 0 Å². The zero-order chi connectivity index (χ0) is 26.5. The van der Waals surface area contributed by atoms with E-state index in [4.69, 9.17) is 31.9 Å². The van der Waals surface area contributed by atoms with Gasteiger partial charge in [-0.05, 0) is 62.6 Å². The SMILES string of the molecule is COc1cc(CCN(Cc2ccc(N3CCN(C(=O)O)CC3)cc2)C(=O)OC(C)(C)C)c(Cl)cc1N. The molecule has 1 heterocycles. The van der Waals surface area contributed by atoms with Crippen LogP contribution in [-0.2, 0) is 17.7 Å². The van der Waals surface area contributed by atoms with E-state index in [-0.39, 0.29) is 0 Å². The zero-order valence-corrected chi connectivity index (χ0v) is 22.0. The summed E-state index contributed by atoms with van der Waals surface area (Å²) in [6, 6.07) is 11.4. The molecule has 0 unspecified atom stereocenters. The Balaban J connectivity index is 1.71. The number of rotatable bonds is 7. The van der Waals surface area contributed by atoms with Gasteiger partial charge in [-0.2, -0.15) is 0 Å². The second-order valence-electron chi connectivity index (χ2n) is 9.76. The summed E-state index contributed by atoms with van der Waals surface area (Å²) in [5, 5.41) is 9.66. The summed E-state index contributed by atoms with van der Waals surface area (Å²) in [5.41, 5.74) is 8.57. The lowest BCUT2D eigenvalue weighted by Gasteiger charge is -2.34. The number of carboxylic acid groups (broad SMARTS) is 1. The largest absolute Gasteiger partial charge is 0.495 e. The highest BCUT2D eigenvalue weighted by atomic mass is 35.5. The number of nitrogen functional groups attached to an aromatic ring is 1. The molecule has 3 N–H and O–H groups in total. The number of benzene rings is 2. The van der Waals surface area contributed by atoms with Crippen LogP contribution in [0.4, 0.5) is 21.0 Å². The van der Waals surface area contributed by atoms with Gasteiger partial charge in [-0.1, -0.05) is 23.7 Å². The predicted octanol–water partition coefficient (Wildman–Crippen LogP) is 4.71. The Labute approximate surface area is 217 Å². The molecule has 3 rings (SSSR count). The minimum absolute atomic E-state index is 0.367. The monoisotopic (exact) mass is 518 g/mol. The fourth-order valence-electron chi connectivity index (χ4n) is 3.98. The molecule has 9 nitrogen and oxygen atoms in total. The van der Waals surface area contributed by atoms with E-state index in [0.717, 1.165) is 16.8 Å². The molecule has 0 saturated carbocycles. The van der Waals surface area contributed by atoms with Crippen LogP contribution in [0.2, 0.25) is 5.02 Å². The Morgan fingerprint density at radius 1 is 1.11 bits per heavy atom. The van der Waals surface area contributed by atoms with Crippen molar-refractivity contribution in [2.45, 2.75) is 39.3 Å². The maximum absolute atomic E-state index is 13.0. The van der Waals surface area contributed by atoms with Gasteiger partial charge >= 0.3 is 12.2 Å². The average molecular weight is 519 g/mol. The Kier molecular flexibility index (Phi) is 8.79. The third-order valence-electron chi connectivity index (χ3n) is 5.93. The van der Waals surface area contributed by atoms with Crippen molar-refractivity contribution < 1.29 is 24.2 Å². The van der Waals surface area contributed by atoms with Crippen LogP contribution in [0.5, 0.6) is 5.75 Å². The van der Waals surface area contributed by atoms with E-state index in [0.29, 0.717) is 62.1 Å². The number of nitrogens with zero attached hydrogens (tertiary/aromatic N) is 3. The molecule has 1 saturated heterocycles. The van der Waals surface area contributed by atoms with Crippen LogP contribution in [0, 0.1) is 0 Å². The van der Waals surface area contributed by atoms with Crippen molar-refractivity contribution in [3.8, 4) is 5.75 Å². The number of hydrogen-bond donors (Lipinski definition) is 2. The Bertz CT molecular complexity index is 1060. The highest BCUT2D eigenvalue weighted by Crippen LogP contribution is 2.29. The maximum atomic E-state index is 13.0. The summed E-state index contributed by atoms with van der Waals surface area (Å²) in [4.78, 5) is 29.4. The number of carbonyl (C=O) groups is 2. The molecule has 2 amide bonds. The van der Waals surface area contributed by atoms with Crippen LogP contribution in [0.3, 0.4) is 0 Å². The lowest BCUT2D eigenvalue weighted by atomic mass is 10.1. The van der Waals surface area contributed by atoms with Crippen LogP contribution < -0.4 is 15.4 Å². The molecule has 0 spiro atoms. The van der Waals surface area contributed by atoms with Gasteiger partial charge in [0.1, 0.15) is 11.4 Å². The predicted molar refractivity (Wildman–Crippen MR) is 141 cm³/mol. The number of hydrogen-bond acceptors (Lipinski definition) is 6. The molecule has 0 aromatic heterocycles. The van der Waals surface area contributed by atoms with E-state index in [1.54, 1.807) is 24.1 Å². The first-order chi connectivity index (χ1) is 17.0. The number of amides is 2. The van der Waals surface area contributed by atoms with Crippen molar-refractivity contribution in [1.29, 1.82) is 0 Å². The van der Waals surface area contributed by atoms with E-state index in [1.807, 2.05) is 45.0 Å². The molecule has 0 aliphatic carbocycles. The number of methoxy groups -OCH3 is 1. The van der Waals surface area contributed by atoms with Crippen LogP contribution in [0.1, 0.15) is 31.9 Å². The summed E-state index contributed by atoms with van der Waals surface area (Å²) in [5.74, 6) is 0.540. The smallest absolute Gasteiger partial charge is 0.410 e. The number of halogens is 1. The summed E-state index contributed by atoms with van der Waals surface area (Å²) < 4.78 is 11.0. The summed E-state index contributed by atoms with van der Waals surface area (Å²) in [6.45, 7) is 8.50. The number of anilines is 2. The minimum Gasteiger partial charge on any atom is -0.495 e. The van der Waals surface area contributed by atoms with Crippen molar-refractivity contribution in [2.75, 3.05) is 50.5 Å². The second-order valence-corrected chi connectivity index (χ2v) is 10.2. The standard InChI is InChI=1S/C26H35ClN4O5/c1-26(2,3)36-25(34)31(10-9-19-15-23(35-4)22(28)16-21(19)27)17-18-5-7-20(8-6-18)29-11-13-30(14-12-29)24(32)33/h5-8,15-16H,9-14,17,28H2,1-4H3,(H,32,33). The van der Waals surface area contributed by atoms with Crippen molar-refractivity contribution in [3.05, 3.63) is 52.5 Å². The maximum Gasteiger partial charge on any atom is 0.410 e. The van der Waals surface area contributed by atoms with Crippen LogP contribution in [0.15, 0.2) is 36.4 Å². The average Bonchev–Trinajstić information content (AvgIpc) is 2.82. The van der Waals surface area contributed by atoms with Crippen molar-refractivity contribution in [2.24, 2.45) is 0 Å². The first kappa shape index (κ1) is 27.3. The van der Waals surface area contributed by atoms with Crippen molar-refractivity contribution >= 4 is 35.2 Å². The van der Waals surface area contributed by atoms with E-state index < -0.39 is 17.8 Å². The van der Waals surface area contributed by atoms with Gasteiger partial charge in [-0.15, -0.1) is 0 Å². The van der Waals surface area contributed by atoms with Gasteiger partial charge < -0.3 is 35.0 Å². The molecule has 2 aromatic carbocycles. The summed E-state index contributed by atoms with van der Waals surface area (Å²) in [7, 11) is 1.55. The van der Waals surface area contributed by atoms with Gasteiger partial charge in [-0.25, -0.2) is 9.59 Å². The molecule has 196 valence electrons. The molecule has 36 heavy (non-hydrogen) atoms. The Morgan fingerprint density at radius 2 is 1.75 bits per heavy atom. The van der Waals surface area contributed by atoms with Gasteiger partial charge in [0.25, 0.3) is 0 Å². The number of nitrogens with two attached hydrogens (primary N) is 1. The quantitative estimate of drug-likeness (QED) is 0.511. The molecular weight excluding hydrogens is 484 g/mol. The van der Waals surface area contributed by atoms with Crippen LogP contribution in [-0.4, -0.2) is 72.5 Å². The molecule has 0 atom stereocenters. The molecule has 10 heteroatoms. The van der Waals surface area contributed by atoms with Crippen LogP contribution in [0.25, 0.3) is 0 Å². The summed E-state index contributed by atoms with van der Waals surface area (Å²) >= 11 is 6.40. The first-order valence-corrected chi connectivity index (χ1v) is 12.3.